The predicted molar refractivity (Wildman–Crippen MR) is 120 cm³/mol. The van der Waals surface area contributed by atoms with Gasteiger partial charge in [0.25, 0.3) is 5.69 Å². The van der Waals surface area contributed by atoms with E-state index in [1.54, 1.807) is 36.4 Å². The number of carbonyl (C=O) groups excluding carboxylic acids is 1. The molecule has 32 heavy (non-hydrogen) atoms. The molecule has 2 N–H and O–H groups in total. The molecule has 166 valence electrons. The highest BCUT2D eigenvalue weighted by molar-refractivity contribution is 5.94. The summed E-state index contributed by atoms with van der Waals surface area (Å²) in [6.07, 6.45) is 6.17. The highest BCUT2D eigenvalue weighted by Crippen LogP contribution is 2.41. The molecule has 8 nitrogen and oxygen atoms in total. The number of phenolic OH excluding ortho intramolecular Hbond substituents is 1. The first-order valence-corrected chi connectivity index (χ1v) is 10.7. The average Bonchev–Trinajstić information content (AvgIpc) is 2.83. The molecule has 8 heteroatoms. The molecule has 0 aliphatic heterocycles. The lowest BCUT2D eigenvalue weighted by Crippen LogP contribution is -2.35. The summed E-state index contributed by atoms with van der Waals surface area (Å²) < 4.78 is 5.50. The van der Waals surface area contributed by atoms with Crippen molar-refractivity contribution in [1.82, 2.24) is 10.3 Å². The molecule has 0 bridgehead atoms. The molecule has 3 aromatic rings. The minimum Gasteiger partial charge on any atom is -0.505 e. The van der Waals surface area contributed by atoms with Gasteiger partial charge in [-0.25, -0.2) is 0 Å². The summed E-state index contributed by atoms with van der Waals surface area (Å²) in [5.74, 6) is 0.0381. The first-order chi connectivity index (χ1) is 15.5. The molecule has 0 radical (unpaired) electrons. The third kappa shape index (κ3) is 4.08. The highest BCUT2D eigenvalue weighted by Gasteiger charge is 2.31. The number of nitro groups is 1. The van der Waals surface area contributed by atoms with Crippen molar-refractivity contribution < 1.29 is 19.6 Å². The number of nitro benzene ring substituents is 1. The molecule has 0 spiro atoms. The zero-order chi connectivity index (χ0) is 22.7. The van der Waals surface area contributed by atoms with Gasteiger partial charge in [-0.2, -0.15) is 0 Å². The van der Waals surface area contributed by atoms with Crippen molar-refractivity contribution in [2.45, 2.75) is 38.1 Å². The second kappa shape index (κ2) is 9.21. The number of benzene rings is 2. The normalized spacial score (nSPS) is 15.3. The van der Waals surface area contributed by atoms with Crippen LogP contribution >= 0.6 is 0 Å². The molecule has 0 saturated heterocycles. The fourth-order valence-corrected chi connectivity index (χ4v) is 4.45. The van der Waals surface area contributed by atoms with E-state index in [1.807, 2.05) is 0 Å². The number of aromatic nitrogens is 1. The molecule has 4 rings (SSSR count). The van der Waals surface area contributed by atoms with Crippen molar-refractivity contribution in [3.05, 3.63) is 69.9 Å². The summed E-state index contributed by atoms with van der Waals surface area (Å²) in [4.78, 5) is 28.6. The van der Waals surface area contributed by atoms with E-state index in [4.69, 9.17) is 4.74 Å². The van der Waals surface area contributed by atoms with Gasteiger partial charge in [-0.1, -0.05) is 37.5 Å². The summed E-state index contributed by atoms with van der Waals surface area (Å²) in [6.45, 7) is 0. The number of amides is 1. The van der Waals surface area contributed by atoms with Gasteiger partial charge in [0.15, 0.2) is 0 Å². The van der Waals surface area contributed by atoms with E-state index in [9.17, 15) is 20.0 Å². The maximum atomic E-state index is 13.2. The number of ether oxygens (including phenoxy) is 1. The number of non-ortho nitro benzene ring substituents is 1. The van der Waals surface area contributed by atoms with Gasteiger partial charge < -0.3 is 15.2 Å². The van der Waals surface area contributed by atoms with Gasteiger partial charge in [-0.15, -0.1) is 0 Å². The van der Waals surface area contributed by atoms with Gasteiger partial charge in [0.05, 0.1) is 23.5 Å². The molecular formula is C24H25N3O5. The van der Waals surface area contributed by atoms with Gasteiger partial charge >= 0.3 is 0 Å². The van der Waals surface area contributed by atoms with Crippen molar-refractivity contribution in [3.8, 4) is 11.5 Å². The molecule has 1 heterocycles. The Labute approximate surface area is 185 Å². The van der Waals surface area contributed by atoms with Crippen molar-refractivity contribution in [2.24, 2.45) is 5.92 Å². The summed E-state index contributed by atoms with van der Waals surface area (Å²) in [7, 11) is 1.52. The number of aromatic hydroxyl groups is 1. The number of methoxy groups -OCH3 is 1. The number of pyridine rings is 1. The maximum absolute atomic E-state index is 13.2. The van der Waals surface area contributed by atoms with E-state index < -0.39 is 11.0 Å². The van der Waals surface area contributed by atoms with Gasteiger partial charge in [-0.3, -0.25) is 19.9 Å². The van der Waals surface area contributed by atoms with Crippen LogP contribution in [0.3, 0.4) is 0 Å². The van der Waals surface area contributed by atoms with Crippen LogP contribution in [0, 0.1) is 16.0 Å². The Balaban J connectivity index is 1.88. The van der Waals surface area contributed by atoms with Crippen LogP contribution in [-0.2, 0) is 4.79 Å². The standard InChI is InChI=1S/C24H25N3O5/c1-32-20-12-6-5-10-17(20)21(26-24(29)15-8-3-2-4-9-15)18-14-19(27(30)31)16-11-7-13-25-22(16)23(18)28/h5-7,10-15,21,28H,2-4,8-9H2,1H3,(H,26,29)/t21-/m0/s1. The zero-order valence-corrected chi connectivity index (χ0v) is 17.8. The van der Waals surface area contributed by atoms with E-state index in [0.29, 0.717) is 11.3 Å². The lowest BCUT2D eigenvalue weighted by molar-refractivity contribution is -0.383. The number of hydrogen-bond donors (Lipinski definition) is 2. The number of fused-ring (bicyclic) bond motifs is 1. The molecule has 1 amide bonds. The number of rotatable bonds is 6. The van der Waals surface area contributed by atoms with Crippen molar-refractivity contribution >= 4 is 22.5 Å². The minimum atomic E-state index is -0.842. The molecular weight excluding hydrogens is 410 g/mol. The van der Waals surface area contributed by atoms with E-state index >= 15 is 0 Å². The molecule has 1 aromatic heterocycles. The third-order valence-corrected chi connectivity index (χ3v) is 6.09. The molecule has 2 aromatic carbocycles. The van der Waals surface area contributed by atoms with Crippen LogP contribution in [0.1, 0.15) is 49.3 Å². The van der Waals surface area contributed by atoms with Gasteiger partial charge in [0.2, 0.25) is 5.91 Å². The van der Waals surface area contributed by atoms with Crippen LogP contribution in [-0.4, -0.2) is 28.0 Å². The third-order valence-electron chi connectivity index (χ3n) is 6.09. The first-order valence-electron chi connectivity index (χ1n) is 10.7. The van der Waals surface area contributed by atoms with Crippen LogP contribution in [0.15, 0.2) is 48.7 Å². The number of carbonyl (C=O) groups is 1. The van der Waals surface area contributed by atoms with Crippen molar-refractivity contribution in [1.29, 1.82) is 0 Å². The fraction of sp³-hybridized carbons (Fsp3) is 0.333. The quantitative estimate of drug-likeness (QED) is 0.430. The van der Waals surface area contributed by atoms with Crippen LogP contribution in [0.4, 0.5) is 5.69 Å². The largest absolute Gasteiger partial charge is 0.505 e. The first kappa shape index (κ1) is 21.5. The smallest absolute Gasteiger partial charge is 0.279 e. The fourth-order valence-electron chi connectivity index (χ4n) is 4.45. The lowest BCUT2D eigenvalue weighted by Gasteiger charge is -2.27. The predicted octanol–water partition coefficient (Wildman–Crippen LogP) is 4.64. The van der Waals surface area contributed by atoms with E-state index in [1.165, 1.54) is 19.4 Å². The summed E-state index contributed by atoms with van der Waals surface area (Å²) in [6, 6.07) is 10.7. The van der Waals surface area contributed by atoms with Crippen molar-refractivity contribution in [2.75, 3.05) is 7.11 Å². The zero-order valence-electron chi connectivity index (χ0n) is 17.8. The molecule has 1 atom stereocenters. The number of hydrogen-bond acceptors (Lipinski definition) is 6. The summed E-state index contributed by atoms with van der Waals surface area (Å²) in [5.41, 5.74) is 0.729. The number of nitrogens with one attached hydrogen (secondary N) is 1. The van der Waals surface area contributed by atoms with Crippen LogP contribution < -0.4 is 10.1 Å². The Kier molecular flexibility index (Phi) is 6.20. The number of phenols is 1. The Morgan fingerprint density at radius 3 is 2.66 bits per heavy atom. The molecule has 0 unspecified atom stereocenters. The monoisotopic (exact) mass is 435 g/mol. The lowest BCUT2D eigenvalue weighted by atomic mass is 9.87. The SMILES string of the molecule is COc1ccccc1[C@H](NC(=O)C1CCCCC1)c1cc([N+](=O)[O-])c2cccnc2c1O. The minimum absolute atomic E-state index is 0.114. The summed E-state index contributed by atoms with van der Waals surface area (Å²) >= 11 is 0. The number of nitrogens with zero attached hydrogens (tertiary/aromatic N) is 2. The van der Waals surface area contributed by atoms with Crippen LogP contribution in [0.2, 0.25) is 0 Å². The average molecular weight is 435 g/mol. The second-order valence-corrected chi connectivity index (χ2v) is 8.01. The van der Waals surface area contributed by atoms with Gasteiger partial charge in [0.1, 0.15) is 17.0 Å². The Morgan fingerprint density at radius 1 is 1.19 bits per heavy atom. The Morgan fingerprint density at radius 2 is 1.94 bits per heavy atom. The topological polar surface area (TPSA) is 115 Å². The van der Waals surface area contributed by atoms with Gasteiger partial charge in [0, 0.05) is 29.3 Å². The van der Waals surface area contributed by atoms with Crippen LogP contribution in [0.25, 0.3) is 10.9 Å². The van der Waals surface area contributed by atoms with E-state index in [2.05, 4.69) is 10.3 Å². The van der Waals surface area contributed by atoms with Crippen molar-refractivity contribution in [3.63, 3.8) is 0 Å². The second-order valence-electron chi connectivity index (χ2n) is 8.01. The molecule has 1 saturated carbocycles. The Hall–Kier alpha value is -3.68. The van der Waals surface area contributed by atoms with Crippen LogP contribution in [0.5, 0.6) is 11.5 Å². The Bertz CT molecular complexity index is 1160. The van der Waals surface area contributed by atoms with Gasteiger partial charge in [-0.05, 0) is 31.0 Å². The van der Waals surface area contributed by atoms with E-state index in [-0.39, 0.29) is 39.7 Å². The molecule has 1 fully saturated rings. The highest BCUT2D eigenvalue weighted by atomic mass is 16.6. The maximum Gasteiger partial charge on any atom is 0.279 e. The summed E-state index contributed by atoms with van der Waals surface area (Å²) in [5, 5.41) is 26.2. The molecule has 1 aliphatic rings. The number of para-hydroxylation sites is 1. The van der Waals surface area contributed by atoms with E-state index in [0.717, 1.165) is 32.1 Å². The molecule has 1 aliphatic carbocycles.